The van der Waals surface area contributed by atoms with Gasteiger partial charge in [-0.2, -0.15) is 0 Å². The van der Waals surface area contributed by atoms with Gasteiger partial charge >= 0.3 is 0 Å². The second-order valence-corrected chi connectivity index (χ2v) is 2.24. The van der Waals surface area contributed by atoms with E-state index in [4.69, 9.17) is 11.1 Å². The number of hydrogen-bond donors (Lipinski definition) is 2. The SMILES string of the molecule is N=C(C=O)c1c(N)cccc1F. The molecule has 12 heavy (non-hydrogen) atoms. The van der Waals surface area contributed by atoms with E-state index in [0.29, 0.717) is 0 Å². The molecule has 0 heterocycles. The number of aldehydes is 1. The van der Waals surface area contributed by atoms with Crippen molar-refractivity contribution in [2.24, 2.45) is 0 Å². The Morgan fingerprint density at radius 3 is 2.75 bits per heavy atom. The van der Waals surface area contributed by atoms with Gasteiger partial charge in [0.05, 0.1) is 5.56 Å². The Balaban J connectivity index is 3.30. The number of hydrogen-bond acceptors (Lipinski definition) is 3. The predicted octanol–water partition coefficient (Wildman–Crippen LogP) is 0.975. The summed E-state index contributed by atoms with van der Waals surface area (Å²) in [6, 6.07) is 4.02. The van der Waals surface area contributed by atoms with Crippen molar-refractivity contribution < 1.29 is 9.18 Å². The summed E-state index contributed by atoms with van der Waals surface area (Å²) in [4.78, 5) is 10.2. The van der Waals surface area contributed by atoms with Crippen molar-refractivity contribution in [3.63, 3.8) is 0 Å². The number of carbonyl (C=O) groups excluding carboxylic acids is 1. The summed E-state index contributed by atoms with van der Waals surface area (Å²) in [7, 11) is 0. The van der Waals surface area contributed by atoms with Crippen LogP contribution in [0, 0.1) is 11.2 Å². The highest BCUT2D eigenvalue weighted by Gasteiger charge is 2.09. The van der Waals surface area contributed by atoms with E-state index in [-0.39, 0.29) is 17.5 Å². The topological polar surface area (TPSA) is 66.9 Å². The first-order valence-corrected chi connectivity index (χ1v) is 3.25. The monoisotopic (exact) mass is 166 g/mol. The molecule has 3 N–H and O–H groups in total. The van der Waals surface area contributed by atoms with E-state index >= 15 is 0 Å². The first-order valence-electron chi connectivity index (χ1n) is 3.25. The van der Waals surface area contributed by atoms with Gasteiger partial charge in [-0.3, -0.25) is 10.2 Å². The van der Waals surface area contributed by atoms with Crippen molar-refractivity contribution in [2.75, 3.05) is 5.73 Å². The third-order valence-corrected chi connectivity index (χ3v) is 1.43. The smallest absolute Gasteiger partial charge is 0.168 e. The average molecular weight is 166 g/mol. The zero-order valence-corrected chi connectivity index (χ0v) is 6.17. The van der Waals surface area contributed by atoms with Crippen molar-refractivity contribution in [3.8, 4) is 0 Å². The Bertz CT molecular complexity index is 316. The quantitative estimate of drug-likeness (QED) is 0.390. The molecule has 4 heteroatoms. The van der Waals surface area contributed by atoms with Gasteiger partial charge in [-0.05, 0) is 12.1 Å². The van der Waals surface area contributed by atoms with E-state index in [9.17, 15) is 9.18 Å². The second kappa shape index (κ2) is 3.13. The number of benzene rings is 1. The van der Waals surface area contributed by atoms with Crippen LogP contribution >= 0.6 is 0 Å². The summed E-state index contributed by atoms with van der Waals surface area (Å²) in [6.07, 6.45) is 0.259. The molecule has 1 aromatic carbocycles. The Morgan fingerprint density at radius 2 is 2.25 bits per heavy atom. The van der Waals surface area contributed by atoms with Gasteiger partial charge in [-0.15, -0.1) is 0 Å². The number of carbonyl (C=O) groups is 1. The van der Waals surface area contributed by atoms with Gasteiger partial charge in [-0.1, -0.05) is 6.07 Å². The lowest BCUT2D eigenvalue weighted by molar-refractivity contribution is -0.102. The molecule has 0 fully saturated rings. The lowest BCUT2D eigenvalue weighted by Gasteiger charge is -2.02. The Hall–Kier alpha value is -1.71. The maximum Gasteiger partial charge on any atom is 0.168 e. The van der Waals surface area contributed by atoms with Crippen LogP contribution in [0.4, 0.5) is 10.1 Å². The molecular weight excluding hydrogens is 159 g/mol. The molecule has 0 saturated heterocycles. The summed E-state index contributed by atoms with van der Waals surface area (Å²) in [5.41, 5.74) is 4.89. The Kier molecular flexibility index (Phi) is 2.19. The third-order valence-electron chi connectivity index (χ3n) is 1.43. The summed E-state index contributed by atoms with van der Waals surface area (Å²) in [5.74, 6) is -0.646. The maximum atomic E-state index is 12.9. The largest absolute Gasteiger partial charge is 0.398 e. The molecule has 0 aromatic heterocycles. The summed E-state index contributed by atoms with van der Waals surface area (Å²) in [6.45, 7) is 0. The minimum absolute atomic E-state index is 0.104. The normalized spacial score (nSPS) is 9.42. The molecule has 0 atom stereocenters. The first kappa shape index (κ1) is 8.39. The predicted molar refractivity (Wildman–Crippen MR) is 43.7 cm³/mol. The van der Waals surface area contributed by atoms with Crippen LogP contribution in [-0.4, -0.2) is 12.0 Å². The van der Waals surface area contributed by atoms with Crippen LogP contribution in [0.5, 0.6) is 0 Å². The van der Waals surface area contributed by atoms with Crippen LogP contribution in [0.1, 0.15) is 5.56 Å². The van der Waals surface area contributed by atoms with Crippen molar-refractivity contribution >= 4 is 17.7 Å². The standard InChI is InChI=1S/C8H7FN2O/c9-5-2-1-3-6(10)8(5)7(11)4-12/h1-4,11H,10H2. The summed E-state index contributed by atoms with van der Waals surface area (Å²) < 4.78 is 12.9. The molecule has 0 spiro atoms. The number of nitrogens with two attached hydrogens (primary N) is 1. The van der Waals surface area contributed by atoms with Crippen molar-refractivity contribution in [2.45, 2.75) is 0 Å². The van der Waals surface area contributed by atoms with Crippen LogP contribution in [0.25, 0.3) is 0 Å². The molecule has 0 aliphatic heterocycles. The number of rotatable bonds is 2. The zero-order chi connectivity index (χ0) is 9.14. The van der Waals surface area contributed by atoms with E-state index < -0.39 is 11.5 Å². The average Bonchev–Trinajstić information content (AvgIpc) is 2.03. The second-order valence-electron chi connectivity index (χ2n) is 2.24. The number of halogens is 1. The van der Waals surface area contributed by atoms with Gasteiger partial charge in [-0.25, -0.2) is 4.39 Å². The summed E-state index contributed by atoms with van der Waals surface area (Å²) >= 11 is 0. The molecule has 3 nitrogen and oxygen atoms in total. The molecule has 0 amide bonds. The molecule has 0 saturated carbocycles. The molecule has 0 bridgehead atoms. The van der Waals surface area contributed by atoms with Crippen LogP contribution in [-0.2, 0) is 4.79 Å². The van der Waals surface area contributed by atoms with E-state index in [1.165, 1.54) is 12.1 Å². The third kappa shape index (κ3) is 1.32. The molecule has 1 aromatic rings. The van der Waals surface area contributed by atoms with Gasteiger partial charge in [0, 0.05) is 5.69 Å². The van der Waals surface area contributed by atoms with E-state index in [1.807, 2.05) is 0 Å². The molecule has 0 radical (unpaired) electrons. The Morgan fingerprint density at radius 1 is 1.58 bits per heavy atom. The zero-order valence-electron chi connectivity index (χ0n) is 6.17. The summed E-state index contributed by atoms with van der Waals surface area (Å²) in [5, 5.41) is 7.07. The minimum atomic E-state index is -0.646. The van der Waals surface area contributed by atoms with Crippen LogP contribution < -0.4 is 5.73 Å². The molecule has 0 aliphatic rings. The first-order chi connectivity index (χ1) is 5.66. The highest BCUT2D eigenvalue weighted by atomic mass is 19.1. The van der Waals surface area contributed by atoms with Gasteiger partial charge < -0.3 is 5.73 Å². The molecular formula is C8H7FN2O. The van der Waals surface area contributed by atoms with Crippen molar-refractivity contribution in [3.05, 3.63) is 29.6 Å². The van der Waals surface area contributed by atoms with Gasteiger partial charge in [0.2, 0.25) is 0 Å². The van der Waals surface area contributed by atoms with Gasteiger partial charge in [0.15, 0.2) is 6.29 Å². The molecule has 0 aliphatic carbocycles. The van der Waals surface area contributed by atoms with Gasteiger partial charge in [0.1, 0.15) is 11.5 Å². The Labute approximate surface area is 68.5 Å². The molecule has 62 valence electrons. The molecule has 1 rings (SSSR count). The highest BCUT2D eigenvalue weighted by molar-refractivity contribution is 6.36. The van der Waals surface area contributed by atoms with Gasteiger partial charge in [0.25, 0.3) is 0 Å². The molecule has 0 unspecified atom stereocenters. The fourth-order valence-corrected chi connectivity index (χ4v) is 0.884. The van der Waals surface area contributed by atoms with E-state index in [0.717, 1.165) is 6.07 Å². The van der Waals surface area contributed by atoms with Crippen molar-refractivity contribution in [1.29, 1.82) is 5.41 Å². The lowest BCUT2D eigenvalue weighted by Crippen LogP contribution is -2.07. The van der Waals surface area contributed by atoms with Crippen LogP contribution in [0.15, 0.2) is 18.2 Å². The minimum Gasteiger partial charge on any atom is -0.398 e. The number of nitrogen functional groups attached to an aromatic ring is 1. The fourth-order valence-electron chi connectivity index (χ4n) is 0.884. The lowest BCUT2D eigenvalue weighted by atomic mass is 10.1. The highest BCUT2D eigenvalue weighted by Crippen LogP contribution is 2.14. The number of anilines is 1. The van der Waals surface area contributed by atoms with Crippen LogP contribution in [0.2, 0.25) is 0 Å². The van der Waals surface area contributed by atoms with Crippen LogP contribution in [0.3, 0.4) is 0 Å². The fraction of sp³-hybridized carbons (Fsp3) is 0. The van der Waals surface area contributed by atoms with E-state index in [1.54, 1.807) is 0 Å². The maximum absolute atomic E-state index is 12.9. The number of nitrogens with one attached hydrogen (secondary N) is 1. The van der Waals surface area contributed by atoms with Crippen molar-refractivity contribution in [1.82, 2.24) is 0 Å². The van der Waals surface area contributed by atoms with E-state index in [2.05, 4.69) is 0 Å².